The molecule has 1 saturated heterocycles. The average Bonchev–Trinajstić information content (AvgIpc) is 2.58. The van der Waals surface area contributed by atoms with Crippen molar-refractivity contribution in [2.24, 2.45) is 0 Å². The van der Waals surface area contributed by atoms with Gasteiger partial charge in [0.15, 0.2) is 0 Å². The van der Waals surface area contributed by atoms with Crippen molar-refractivity contribution in [1.82, 2.24) is 4.90 Å². The maximum Gasteiger partial charge on any atom is 0.335 e. The minimum Gasteiger partial charge on any atom is -0.478 e. The molecule has 1 aliphatic rings. The summed E-state index contributed by atoms with van der Waals surface area (Å²) >= 11 is 5.89. The van der Waals surface area contributed by atoms with E-state index in [2.05, 4.69) is 0 Å². The summed E-state index contributed by atoms with van der Waals surface area (Å²) in [6.07, 6.45) is 0.384. The molecular weight excluding hydrogens is 242 g/mol. The average molecular weight is 254 g/mol. The quantitative estimate of drug-likeness (QED) is 0.835. The standard InChI is InChI=1S/C12H12ClNO3/c13-10-5-11(15)14(7-10)6-8-1-3-9(4-2-8)12(16)17/h1-4,10H,5-7H2,(H,16,17). The first-order valence-corrected chi connectivity index (χ1v) is 5.74. The summed E-state index contributed by atoms with van der Waals surface area (Å²) in [4.78, 5) is 23.9. The number of aromatic carboxylic acids is 1. The Hall–Kier alpha value is -1.55. The number of carboxylic acids is 1. The highest BCUT2D eigenvalue weighted by atomic mass is 35.5. The van der Waals surface area contributed by atoms with Crippen molar-refractivity contribution in [3.63, 3.8) is 0 Å². The molecule has 1 heterocycles. The maximum atomic E-state index is 11.5. The molecule has 0 aliphatic carbocycles. The summed E-state index contributed by atoms with van der Waals surface area (Å²) in [5.41, 5.74) is 1.16. The van der Waals surface area contributed by atoms with Gasteiger partial charge in [-0.25, -0.2) is 4.79 Å². The molecule has 2 rings (SSSR count). The van der Waals surface area contributed by atoms with Crippen molar-refractivity contribution in [2.75, 3.05) is 6.54 Å². The van der Waals surface area contributed by atoms with E-state index in [4.69, 9.17) is 16.7 Å². The maximum absolute atomic E-state index is 11.5. The van der Waals surface area contributed by atoms with Gasteiger partial charge < -0.3 is 10.0 Å². The first kappa shape index (κ1) is 11.9. The molecule has 1 unspecified atom stereocenters. The monoisotopic (exact) mass is 253 g/mol. The number of carboxylic acid groups (broad SMARTS) is 1. The molecule has 17 heavy (non-hydrogen) atoms. The minimum atomic E-state index is -0.949. The number of benzene rings is 1. The van der Waals surface area contributed by atoms with Crippen LogP contribution in [-0.2, 0) is 11.3 Å². The molecule has 0 radical (unpaired) electrons. The molecule has 4 nitrogen and oxygen atoms in total. The van der Waals surface area contributed by atoms with Crippen molar-refractivity contribution < 1.29 is 14.7 Å². The second-order valence-electron chi connectivity index (χ2n) is 4.08. The lowest BCUT2D eigenvalue weighted by atomic mass is 10.1. The Kier molecular flexibility index (Phi) is 3.33. The van der Waals surface area contributed by atoms with Gasteiger partial charge in [-0.15, -0.1) is 11.6 Å². The van der Waals surface area contributed by atoms with Gasteiger partial charge in [-0.05, 0) is 17.7 Å². The molecule has 1 aromatic rings. The minimum absolute atomic E-state index is 0.0484. The number of amides is 1. The van der Waals surface area contributed by atoms with E-state index in [0.29, 0.717) is 19.5 Å². The highest BCUT2D eigenvalue weighted by Gasteiger charge is 2.27. The number of rotatable bonds is 3. The molecule has 90 valence electrons. The Labute approximate surface area is 104 Å². The number of alkyl halides is 1. The van der Waals surface area contributed by atoms with Gasteiger partial charge in [0.2, 0.25) is 5.91 Å². The molecular formula is C12H12ClNO3. The van der Waals surface area contributed by atoms with E-state index in [1.807, 2.05) is 0 Å². The predicted molar refractivity (Wildman–Crippen MR) is 63.1 cm³/mol. The van der Waals surface area contributed by atoms with E-state index < -0.39 is 5.97 Å². The fourth-order valence-electron chi connectivity index (χ4n) is 1.85. The summed E-state index contributed by atoms with van der Waals surface area (Å²) in [6.45, 7) is 1.04. The number of likely N-dealkylation sites (tertiary alicyclic amines) is 1. The predicted octanol–water partition coefficient (Wildman–Crippen LogP) is 1.72. The van der Waals surface area contributed by atoms with Crippen LogP contribution in [0.1, 0.15) is 22.3 Å². The second-order valence-corrected chi connectivity index (χ2v) is 4.69. The van der Waals surface area contributed by atoms with Crippen molar-refractivity contribution in [1.29, 1.82) is 0 Å². The number of nitrogens with zero attached hydrogens (tertiary/aromatic N) is 1. The Morgan fingerprint density at radius 3 is 2.53 bits per heavy atom. The number of carbonyl (C=O) groups excluding carboxylic acids is 1. The van der Waals surface area contributed by atoms with Crippen molar-refractivity contribution in [3.05, 3.63) is 35.4 Å². The zero-order valence-corrected chi connectivity index (χ0v) is 9.85. The molecule has 0 aromatic heterocycles. The van der Waals surface area contributed by atoms with E-state index >= 15 is 0 Å². The first-order chi connectivity index (χ1) is 8.06. The van der Waals surface area contributed by atoms with E-state index in [0.717, 1.165) is 5.56 Å². The molecule has 1 N–H and O–H groups in total. The smallest absolute Gasteiger partial charge is 0.335 e. The van der Waals surface area contributed by atoms with Crippen molar-refractivity contribution >= 4 is 23.5 Å². The zero-order chi connectivity index (χ0) is 12.4. The molecule has 1 amide bonds. The van der Waals surface area contributed by atoms with Crippen molar-refractivity contribution in [3.8, 4) is 0 Å². The van der Waals surface area contributed by atoms with Crippen LogP contribution in [0.3, 0.4) is 0 Å². The molecule has 5 heteroatoms. The van der Waals surface area contributed by atoms with Gasteiger partial charge in [0, 0.05) is 19.5 Å². The van der Waals surface area contributed by atoms with Crippen LogP contribution in [0.5, 0.6) is 0 Å². The van der Waals surface area contributed by atoms with Crippen LogP contribution in [0.15, 0.2) is 24.3 Å². The third kappa shape index (κ3) is 2.77. The second kappa shape index (κ2) is 4.75. The molecule has 0 saturated carbocycles. The molecule has 1 aliphatic heterocycles. The van der Waals surface area contributed by atoms with E-state index in [-0.39, 0.29) is 16.8 Å². The van der Waals surface area contributed by atoms with Crippen LogP contribution in [0.2, 0.25) is 0 Å². The third-order valence-electron chi connectivity index (χ3n) is 2.74. The fourth-order valence-corrected chi connectivity index (χ4v) is 2.15. The van der Waals surface area contributed by atoms with Crippen LogP contribution < -0.4 is 0 Å². The lowest BCUT2D eigenvalue weighted by Gasteiger charge is -2.15. The van der Waals surface area contributed by atoms with E-state index in [1.165, 1.54) is 12.1 Å². The largest absolute Gasteiger partial charge is 0.478 e. The van der Waals surface area contributed by atoms with Gasteiger partial charge in [0.05, 0.1) is 10.9 Å². The lowest BCUT2D eigenvalue weighted by Crippen LogP contribution is -2.24. The van der Waals surface area contributed by atoms with Crippen LogP contribution in [-0.4, -0.2) is 33.8 Å². The first-order valence-electron chi connectivity index (χ1n) is 5.30. The van der Waals surface area contributed by atoms with Crippen LogP contribution in [0, 0.1) is 0 Å². The van der Waals surface area contributed by atoms with E-state index in [1.54, 1.807) is 17.0 Å². The highest BCUT2D eigenvalue weighted by molar-refractivity contribution is 6.22. The lowest BCUT2D eigenvalue weighted by molar-refractivity contribution is -0.128. The summed E-state index contributed by atoms with van der Waals surface area (Å²) in [5.74, 6) is -0.901. The van der Waals surface area contributed by atoms with Gasteiger partial charge in [0.1, 0.15) is 0 Å². The number of carbonyl (C=O) groups is 2. The molecule has 1 aromatic carbocycles. The van der Waals surface area contributed by atoms with Crippen molar-refractivity contribution in [2.45, 2.75) is 18.3 Å². The SMILES string of the molecule is O=C(O)c1ccc(CN2CC(Cl)CC2=O)cc1. The van der Waals surface area contributed by atoms with Gasteiger partial charge in [-0.2, -0.15) is 0 Å². The van der Waals surface area contributed by atoms with Crippen LogP contribution >= 0.6 is 11.6 Å². The Morgan fingerprint density at radius 1 is 1.41 bits per heavy atom. The van der Waals surface area contributed by atoms with Gasteiger partial charge >= 0.3 is 5.97 Å². The molecule has 0 bridgehead atoms. The Morgan fingerprint density at radius 2 is 2.06 bits per heavy atom. The van der Waals surface area contributed by atoms with Gasteiger partial charge in [0.25, 0.3) is 0 Å². The summed E-state index contributed by atoms with van der Waals surface area (Å²) < 4.78 is 0. The topological polar surface area (TPSA) is 57.6 Å². The molecule has 1 atom stereocenters. The van der Waals surface area contributed by atoms with Gasteiger partial charge in [-0.3, -0.25) is 4.79 Å². The summed E-state index contributed by atoms with van der Waals surface area (Å²) in [5, 5.41) is 8.64. The number of hydrogen-bond acceptors (Lipinski definition) is 2. The normalized spacial score (nSPS) is 19.7. The Bertz CT molecular complexity index is 444. The summed E-state index contributed by atoms with van der Waals surface area (Å²) in [6, 6.07) is 6.52. The zero-order valence-electron chi connectivity index (χ0n) is 9.10. The number of halogens is 1. The number of hydrogen-bond donors (Lipinski definition) is 1. The van der Waals surface area contributed by atoms with Gasteiger partial charge in [-0.1, -0.05) is 12.1 Å². The third-order valence-corrected chi connectivity index (χ3v) is 3.03. The van der Waals surface area contributed by atoms with Crippen LogP contribution in [0.25, 0.3) is 0 Å². The Balaban J connectivity index is 2.04. The van der Waals surface area contributed by atoms with E-state index in [9.17, 15) is 9.59 Å². The fraction of sp³-hybridized carbons (Fsp3) is 0.333. The molecule has 0 spiro atoms. The molecule has 1 fully saturated rings. The highest BCUT2D eigenvalue weighted by Crippen LogP contribution is 2.19. The summed E-state index contributed by atoms with van der Waals surface area (Å²) in [7, 11) is 0. The van der Waals surface area contributed by atoms with Crippen LogP contribution in [0.4, 0.5) is 0 Å².